The van der Waals surface area contributed by atoms with Crippen molar-refractivity contribution in [3.05, 3.63) is 52.8 Å². The standard InChI is InChI=1S/C16H16BrNO2S/c1-11(2)20-14-6-12(8-18-9-14)16(19)10-21-15-5-3-4-13(17)7-15/h3-9,11H,10H2,1-2H3. The Hall–Kier alpha value is -1.33. The van der Waals surface area contributed by atoms with Crippen molar-refractivity contribution < 1.29 is 9.53 Å². The number of carbonyl (C=O) groups is 1. The molecule has 0 radical (unpaired) electrons. The van der Waals surface area contributed by atoms with Crippen LogP contribution in [0.1, 0.15) is 24.2 Å². The average molecular weight is 366 g/mol. The minimum absolute atomic E-state index is 0.0432. The van der Waals surface area contributed by atoms with Crippen LogP contribution < -0.4 is 4.74 Å². The lowest BCUT2D eigenvalue weighted by molar-refractivity contribution is 0.102. The number of hydrogen-bond donors (Lipinski definition) is 0. The maximum Gasteiger partial charge on any atom is 0.174 e. The summed E-state index contributed by atoms with van der Waals surface area (Å²) < 4.78 is 6.56. The molecule has 0 N–H and O–H groups in total. The van der Waals surface area contributed by atoms with Gasteiger partial charge in [-0.1, -0.05) is 22.0 Å². The van der Waals surface area contributed by atoms with E-state index >= 15 is 0 Å². The molecule has 2 rings (SSSR count). The molecule has 0 aliphatic heterocycles. The van der Waals surface area contributed by atoms with Gasteiger partial charge in [0.15, 0.2) is 5.78 Å². The molecule has 1 aromatic heterocycles. The summed E-state index contributed by atoms with van der Waals surface area (Å²) in [6.45, 7) is 3.88. The summed E-state index contributed by atoms with van der Waals surface area (Å²) in [6, 6.07) is 9.64. The lowest BCUT2D eigenvalue weighted by atomic mass is 10.2. The molecular weight excluding hydrogens is 350 g/mol. The molecule has 1 heterocycles. The summed E-state index contributed by atoms with van der Waals surface area (Å²) in [7, 11) is 0. The molecule has 0 unspecified atom stereocenters. The van der Waals surface area contributed by atoms with E-state index in [4.69, 9.17) is 4.74 Å². The third kappa shape index (κ3) is 5.17. The van der Waals surface area contributed by atoms with Crippen molar-refractivity contribution in [1.82, 2.24) is 4.98 Å². The molecule has 2 aromatic rings. The molecule has 0 saturated heterocycles. The number of carbonyl (C=O) groups excluding carboxylic acids is 1. The number of aromatic nitrogens is 1. The third-order valence-electron chi connectivity index (χ3n) is 2.57. The van der Waals surface area contributed by atoms with Gasteiger partial charge in [-0.25, -0.2) is 0 Å². The smallest absolute Gasteiger partial charge is 0.174 e. The van der Waals surface area contributed by atoms with E-state index in [1.807, 2.05) is 38.1 Å². The first-order valence-corrected chi connectivity index (χ1v) is 8.36. The largest absolute Gasteiger partial charge is 0.489 e. The van der Waals surface area contributed by atoms with Crippen LogP contribution in [-0.4, -0.2) is 22.6 Å². The molecular formula is C16H16BrNO2S. The van der Waals surface area contributed by atoms with Gasteiger partial charge in [0.05, 0.1) is 18.1 Å². The van der Waals surface area contributed by atoms with E-state index in [-0.39, 0.29) is 11.9 Å². The zero-order valence-corrected chi connectivity index (χ0v) is 14.3. The predicted octanol–water partition coefficient (Wildman–Crippen LogP) is 4.61. The Morgan fingerprint density at radius 2 is 2.14 bits per heavy atom. The van der Waals surface area contributed by atoms with Crippen molar-refractivity contribution in [3.63, 3.8) is 0 Å². The van der Waals surface area contributed by atoms with E-state index in [0.29, 0.717) is 17.1 Å². The molecule has 21 heavy (non-hydrogen) atoms. The molecule has 0 fully saturated rings. The van der Waals surface area contributed by atoms with Gasteiger partial charge >= 0.3 is 0 Å². The summed E-state index contributed by atoms with van der Waals surface area (Å²) in [5.74, 6) is 1.05. The highest BCUT2D eigenvalue weighted by Crippen LogP contribution is 2.23. The number of pyridine rings is 1. The number of Topliss-reactive ketones (excluding diaryl/α,β-unsaturated/α-hetero) is 1. The molecule has 0 saturated carbocycles. The van der Waals surface area contributed by atoms with Crippen molar-refractivity contribution >= 4 is 33.5 Å². The Balaban J connectivity index is 2.00. The number of ketones is 1. The van der Waals surface area contributed by atoms with Gasteiger partial charge in [-0.15, -0.1) is 11.8 Å². The first-order valence-electron chi connectivity index (χ1n) is 6.58. The van der Waals surface area contributed by atoms with Gasteiger partial charge in [0.25, 0.3) is 0 Å². The predicted molar refractivity (Wildman–Crippen MR) is 89.2 cm³/mol. The Morgan fingerprint density at radius 1 is 1.33 bits per heavy atom. The number of thioether (sulfide) groups is 1. The van der Waals surface area contributed by atoms with E-state index in [2.05, 4.69) is 20.9 Å². The Kier molecular flexibility index (Phi) is 5.82. The fourth-order valence-electron chi connectivity index (χ4n) is 1.70. The van der Waals surface area contributed by atoms with E-state index in [1.54, 1.807) is 18.5 Å². The number of hydrogen-bond acceptors (Lipinski definition) is 4. The Bertz CT molecular complexity index is 631. The number of rotatable bonds is 6. The Morgan fingerprint density at radius 3 is 2.86 bits per heavy atom. The molecule has 110 valence electrons. The maximum atomic E-state index is 12.2. The third-order valence-corrected chi connectivity index (χ3v) is 4.06. The molecule has 0 aliphatic rings. The van der Waals surface area contributed by atoms with Crippen molar-refractivity contribution in [3.8, 4) is 5.75 Å². The molecule has 0 atom stereocenters. The van der Waals surface area contributed by atoms with Crippen molar-refractivity contribution in [2.45, 2.75) is 24.8 Å². The summed E-state index contributed by atoms with van der Waals surface area (Å²) in [5, 5.41) is 0. The van der Waals surface area contributed by atoms with Crippen LogP contribution in [0.3, 0.4) is 0 Å². The molecule has 1 aromatic carbocycles. The SMILES string of the molecule is CC(C)Oc1cncc(C(=O)CSc2cccc(Br)c2)c1. The van der Waals surface area contributed by atoms with Crippen LogP contribution in [0.2, 0.25) is 0 Å². The molecule has 5 heteroatoms. The lowest BCUT2D eigenvalue weighted by Crippen LogP contribution is -2.08. The minimum Gasteiger partial charge on any atom is -0.489 e. The summed E-state index contributed by atoms with van der Waals surface area (Å²) in [5.41, 5.74) is 0.579. The van der Waals surface area contributed by atoms with Crippen molar-refractivity contribution in [2.24, 2.45) is 0 Å². The van der Waals surface area contributed by atoms with Crippen LogP contribution in [-0.2, 0) is 0 Å². The second-order valence-electron chi connectivity index (χ2n) is 4.75. The normalized spacial score (nSPS) is 10.7. The maximum absolute atomic E-state index is 12.2. The average Bonchev–Trinajstić information content (AvgIpc) is 2.44. The van der Waals surface area contributed by atoms with E-state index in [9.17, 15) is 4.79 Å². The minimum atomic E-state index is 0.0432. The van der Waals surface area contributed by atoms with Crippen LogP contribution in [0.25, 0.3) is 0 Å². The van der Waals surface area contributed by atoms with Crippen LogP contribution in [0.5, 0.6) is 5.75 Å². The van der Waals surface area contributed by atoms with Crippen LogP contribution in [0.4, 0.5) is 0 Å². The zero-order valence-electron chi connectivity index (χ0n) is 11.9. The quantitative estimate of drug-likeness (QED) is 0.553. The van der Waals surface area contributed by atoms with Gasteiger partial charge in [0.2, 0.25) is 0 Å². The van der Waals surface area contributed by atoms with Crippen LogP contribution in [0.15, 0.2) is 52.1 Å². The van der Waals surface area contributed by atoms with Crippen molar-refractivity contribution in [2.75, 3.05) is 5.75 Å². The number of nitrogens with zero attached hydrogens (tertiary/aromatic N) is 1. The van der Waals surface area contributed by atoms with Gasteiger partial charge in [0.1, 0.15) is 5.75 Å². The van der Waals surface area contributed by atoms with Gasteiger partial charge in [-0.2, -0.15) is 0 Å². The highest BCUT2D eigenvalue weighted by Gasteiger charge is 2.09. The van der Waals surface area contributed by atoms with E-state index in [1.165, 1.54) is 11.8 Å². The van der Waals surface area contributed by atoms with Gasteiger partial charge < -0.3 is 4.74 Å². The highest BCUT2D eigenvalue weighted by molar-refractivity contribution is 9.10. The van der Waals surface area contributed by atoms with Crippen LogP contribution >= 0.6 is 27.7 Å². The first-order chi connectivity index (χ1) is 10.0. The second-order valence-corrected chi connectivity index (χ2v) is 6.71. The van der Waals surface area contributed by atoms with Crippen molar-refractivity contribution in [1.29, 1.82) is 0 Å². The molecule has 0 aliphatic carbocycles. The fraction of sp³-hybridized carbons (Fsp3) is 0.250. The van der Waals surface area contributed by atoms with Crippen LogP contribution in [0, 0.1) is 0 Å². The zero-order chi connectivity index (χ0) is 15.2. The number of halogens is 1. The van der Waals surface area contributed by atoms with E-state index < -0.39 is 0 Å². The molecule has 0 amide bonds. The molecule has 0 spiro atoms. The topological polar surface area (TPSA) is 39.2 Å². The fourth-order valence-corrected chi connectivity index (χ4v) is 3.10. The number of benzene rings is 1. The summed E-state index contributed by atoms with van der Waals surface area (Å²) in [6.07, 6.45) is 3.27. The van der Waals surface area contributed by atoms with Gasteiger partial charge in [-0.05, 0) is 38.1 Å². The second kappa shape index (κ2) is 7.61. The Labute approximate surface area is 137 Å². The lowest BCUT2D eigenvalue weighted by Gasteiger charge is -2.10. The highest BCUT2D eigenvalue weighted by atomic mass is 79.9. The van der Waals surface area contributed by atoms with Gasteiger partial charge in [-0.3, -0.25) is 9.78 Å². The van der Waals surface area contributed by atoms with Gasteiger partial charge in [0, 0.05) is 21.1 Å². The summed E-state index contributed by atoms with van der Waals surface area (Å²) >= 11 is 4.93. The summed E-state index contributed by atoms with van der Waals surface area (Å²) in [4.78, 5) is 17.3. The first kappa shape index (κ1) is 16.0. The van der Waals surface area contributed by atoms with E-state index in [0.717, 1.165) is 9.37 Å². The molecule has 3 nitrogen and oxygen atoms in total. The molecule has 0 bridgehead atoms. The number of ether oxygens (including phenoxy) is 1. The monoisotopic (exact) mass is 365 g/mol.